The molecule has 2 fully saturated rings. The quantitative estimate of drug-likeness (QED) is 0.617. The van der Waals surface area contributed by atoms with Gasteiger partial charge in [-0.2, -0.15) is 0 Å². The molecule has 0 aromatic carbocycles. The van der Waals surface area contributed by atoms with Gasteiger partial charge in [-0.3, -0.25) is 4.79 Å². The van der Waals surface area contributed by atoms with Crippen molar-refractivity contribution in [3.63, 3.8) is 0 Å². The molecule has 0 radical (unpaired) electrons. The molecule has 4 rings (SSSR count). The van der Waals surface area contributed by atoms with E-state index in [4.69, 9.17) is 0 Å². The van der Waals surface area contributed by atoms with Crippen LogP contribution in [0.5, 0.6) is 0 Å². The van der Waals surface area contributed by atoms with Gasteiger partial charge in [-0.15, -0.1) is 0 Å². The maximum atomic E-state index is 12.5. The molecule has 0 heterocycles. The van der Waals surface area contributed by atoms with Crippen molar-refractivity contribution < 1.29 is 4.79 Å². The van der Waals surface area contributed by atoms with Crippen LogP contribution in [0.25, 0.3) is 0 Å². The fourth-order valence-electron chi connectivity index (χ4n) is 5.78. The molecule has 2 saturated carbocycles. The van der Waals surface area contributed by atoms with E-state index in [1.54, 1.807) is 5.57 Å². The maximum absolute atomic E-state index is 12.5. The lowest BCUT2D eigenvalue weighted by molar-refractivity contribution is -0.119. The number of carbonyl (C=O) groups is 1. The second-order valence-corrected chi connectivity index (χ2v) is 7.39. The molecule has 0 aromatic rings. The Bertz CT molecular complexity index is 419. The van der Waals surface area contributed by atoms with Gasteiger partial charge in [0.25, 0.3) is 0 Å². The van der Waals surface area contributed by atoms with Crippen molar-refractivity contribution in [2.24, 2.45) is 23.7 Å². The molecule has 4 aliphatic carbocycles. The van der Waals surface area contributed by atoms with E-state index < -0.39 is 0 Å². The van der Waals surface area contributed by atoms with E-state index >= 15 is 0 Å². The topological polar surface area (TPSA) is 17.1 Å². The summed E-state index contributed by atoms with van der Waals surface area (Å²) >= 11 is 0. The largest absolute Gasteiger partial charge is 0.295 e. The molecule has 0 spiro atoms. The number of rotatable bonds is 0. The molecule has 0 saturated heterocycles. The molecular formula is C18H26O. The standard InChI is InChI=1S/C18H26O/c19-18-11-17-13-6-2-1-5-12(13)9-10-15(17)14-7-3-4-8-16(14)18/h12-13,15,17H,1-11H2. The van der Waals surface area contributed by atoms with Crippen LogP contribution < -0.4 is 0 Å². The SMILES string of the molecule is O=C1CC2C(CCC3CCCCC32)C2=C1CCCC2. The third kappa shape index (κ3) is 1.92. The molecule has 4 aliphatic rings. The second-order valence-electron chi connectivity index (χ2n) is 7.39. The Hall–Kier alpha value is -0.590. The Kier molecular flexibility index (Phi) is 3.04. The van der Waals surface area contributed by atoms with Crippen molar-refractivity contribution in [2.45, 2.75) is 70.6 Å². The smallest absolute Gasteiger partial charge is 0.159 e. The fourth-order valence-corrected chi connectivity index (χ4v) is 5.78. The summed E-state index contributed by atoms with van der Waals surface area (Å²) in [5.41, 5.74) is 2.93. The van der Waals surface area contributed by atoms with Gasteiger partial charge in [0.05, 0.1) is 0 Å². The van der Waals surface area contributed by atoms with Crippen LogP contribution in [0.4, 0.5) is 0 Å². The molecule has 0 aromatic heterocycles. The molecule has 4 atom stereocenters. The highest BCUT2D eigenvalue weighted by atomic mass is 16.1. The number of ketones is 1. The van der Waals surface area contributed by atoms with Crippen LogP contribution in [-0.4, -0.2) is 5.78 Å². The van der Waals surface area contributed by atoms with Gasteiger partial charge in [0.15, 0.2) is 5.78 Å². The number of carbonyl (C=O) groups excluding carboxylic acids is 1. The molecule has 0 N–H and O–H groups in total. The average Bonchev–Trinajstić information content (AvgIpc) is 2.47. The summed E-state index contributed by atoms with van der Waals surface area (Å²) in [5, 5.41) is 0. The summed E-state index contributed by atoms with van der Waals surface area (Å²) in [4.78, 5) is 12.5. The molecule has 1 nitrogen and oxygen atoms in total. The number of hydrogen-bond acceptors (Lipinski definition) is 1. The van der Waals surface area contributed by atoms with Crippen LogP contribution in [0.15, 0.2) is 11.1 Å². The minimum Gasteiger partial charge on any atom is -0.295 e. The Morgan fingerprint density at radius 2 is 1.63 bits per heavy atom. The molecule has 104 valence electrons. The normalized spacial score (nSPS) is 42.4. The van der Waals surface area contributed by atoms with E-state index in [9.17, 15) is 4.79 Å². The van der Waals surface area contributed by atoms with Gasteiger partial charge in [-0.05, 0) is 74.2 Å². The lowest BCUT2D eigenvalue weighted by Crippen LogP contribution is -2.42. The van der Waals surface area contributed by atoms with Gasteiger partial charge in [0, 0.05) is 6.42 Å². The molecule has 4 unspecified atom stereocenters. The molecule has 0 aliphatic heterocycles. The Balaban J connectivity index is 1.67. The van der Waals surface area contributed by atoms with E-state index in [1.807, 2.05) is 0 Å². The first-order valence-electron chi connectivity index (χ1n) is 8.59. The van der Waals surface area contributed by atoms with Crippen molar-refractivity contribution in [1.82, 2.24) is 0 Å². The van der Waals surface area contributed by atoms with E-state index in [0.29, 0.717) is 5.78 Å². The Labute approximate surface area is 116 Å². The molecular weight excluding hydrogens is 232 g/mol. The van der Waals surface area contributed by atoms with Crippen molar-refractivity contribution in [1.29, 1.82) is 0 Å². The van der Waals surface area contributed by atoms with Crippen LogP contribution in [0, 0.1) is 23.7 Å². The van der Waals surface area contributed by atoms with Crippen LogP contribution in [0.3, 0.4) is 0 Å². The third-order valence-electron chi connectivity index (χ3n) is 6.60. The summed E-state index contributed by atoms with van der Waals surface area (Å²) in [6.45, 7) is 0. The second kappa shape index (κ2) is 4.75. The number of hydrogen-bond donors (Lipinski definition) is 0. The predicted octanol–water partition coefficient (Wildman–Crippen LogP) is 4.66. The van der Waals surface area contributed by atoms with Gasteiger partial charge in [0.2, 0.25) is 0 Å². The Morgan fingerprint density at radius 3 is 2.58 bits per heavy atom. The zero-order valence-corrected chi connectivity index (χ0v) is 12.0. The van der Waals surface area contributed by atoms with E-state index in [0.717, 1.165) is 36.5 Å². The van der Waals surface area contributed by atoms with Crippen LogP contribution in [0.1, 0.15) is 70.6 Å². The van der Waals surface area contributed by atoms with Gasteiger partial charge in [-0.25, -0.2) is 0 Å². The van der Waals surface area contributed by atoms with E-state index in [2.05, 4.69) is 0 Å². The molecule has 19 heavy (non-hydrogen) atoms. The monoisotopic (exact) mass is 258 g/mol. The molecule has 1 heteroatoms. The third-order valence-corrected chi connectivity index (χ3v) is 6.60. The summed E-state index contributed by atoms with van der Waals surface area (Å²) < 4.78 is 0. The van der Waals surface area contributed by atoms with Crippen LogP contribution >= 0.6 is 0 Å². The zero-order chi connectivity index (χ0) is 12.8. The predicted molar refractivity (Wildman–Crippen MR) is 76.8 cm³/mol. The number of allylic oxidation sites excluding steroid dienone is 2. The van der Waals surface area contributed by atoms with Gasteiger partial charge < -0.3 is 0 Å². The van der Waals surface area contributed by atoms with E-state index in [1.165, 1.54) is 63.4 Å². The lowest BCUT2D eigenvalue weighted by Gasteiger charge is -2.49. The van der Waals surface area contributed by atoms with Crippen LogP contribution in [-0.2, 0) is 4.79 Å². The van der Waals surface area contributed by atoms with Gasteiger partial charge in [-0.1, -0.05) is 24.8 Å². The van der Waals surface area contributed by atoms with Crippen LogP contribution in [0.2, 0.25) is 0 Å². The highest BCUT2D eigenvalue weighted by molar-refractivity contribution is 5.97. The van der Waals surface area contributed by atoms with E-state index in [-0.39, 0.29) is 0 Å². The number of fused-ring (bicyclic) bond motifs is 4. The fraction of sp³-hybridized carbons (Fsp3) is 0.833. The highest BCUT2D eigenvalue weighted by Gasteiger charge is 2.45. The van der Waals surface area contributed by atoms with Crippen molar-refractivity contribution in [3.8, 4) is 0 Å². The first-order chi connectivity index (χ1) is 9.34. The summed E-state index contributed by atoms with van der Waals surface area (Å²) in [7, 11) is 0. The minimum atomic E-state index is 0.544. The van der Waals surface area contributed by atoms with Crippen molar-refractivity contribution >= 4 is 5.78 Å². The number of Topliss-reactive ketones (excluding diaryl/α,β-unsaturated/α-hetero) is 1. The highest BCUT2D eigenvalue weighted by Crippen LogP contribution is 2.54. The summed E-state index contributed by atoms with van der Waals surface area (Å²) in [6, 6.07) is 0. The lowest BCUT2D eigenvalue weighted by atomic mass is 9.55. The molecule has 0 bridgehead atoms. The van der Waals surface area contributed by atoms with Crippen molar-refractivity contribution in [3.05, 3.63) is 11.1 Å². The van der Waals surface area contributed by atoms with Crippen molar-refractivity contribution in [2.75, 3.05) is 0 Å². The average molecular weight is 258 g/mol. The maximum Gasteiger partial charge on any atom is 0.159 e. The summed E-state index contributed by atoms with van der Waals surface area (Å²) in [5.74, 6) is 3.96. The zero-order valence-electron chi connectivity index (χ0n) is 12.0. The Morgan fingerprint density at radius 1 is 0.789 bits per heavy atom. The first kappa shape index (κ1) is 12.2. The van der Waals surface area contributed by atoms with Gasteiger partial charge >= 0.3 is 0 Å². The first-order valence-corrected chi connectivity index (χ1v) is 8.59. The molecule has 0 amide bonds. The summed E-state index contributed by atoms with van der Waals surface area (Å²) in [6.07, 6.45) is 14.4. The minimum absolute atomic E-state index is 0.544. The van der Waals surface area contributed by atoms with Gasteiger partial charge in [0.1, 0.15) is 0 Å².